The monoisotopic (exact) mass is 279 g/mol. The Morgan fingerprint density at radius 1 is 1.50 bits per heavy atom. The van der Waals surface area contributed by atoms with Crippen LogP contribution in [0.3, 0.4) is 0 Å². The second-order valence-corrected chi connectivity index (χ2v) is 5.48. The van der Waals surface area contributed by atoms with E-state index in [2.05, 4.69) is 10.2 Å². The number of hydrogen-bond donors (Lipinski definition) is 2. The number of amides is 1. The van der Waals surface area contributed by atoms with E-state index in [9.17, 15) is 9.59 Å². The molecule has 0 unspecified atom stereocenters. The zero-order valence-electron chi connectivity index (χ0n) is 11.8. The highest BCUT2D eigenvalue weighted by molar-refractivity contribution is 5.80. The molecule has 0 spiro atoms. The van der Waals surface area contributed by atoms with Gasteiger partial charge in [-0.2, -0.15) is 5.10 Å². The SMILES string of the molecule is Cc1cn[nH]c1C[C@@H]1CCCN(C(=O)CCC(=O)O)C1. The van der Waals surface area contributed by atoms with E-state index in [0.29, 0.717) is 5.92 Å². The Morgan fingerprint density at radius 2 is 2.30 bits per heavy atom. The third-order valence-electron chi connectivity index (χ3n) is 3.85. The van der Waals surface area contributed by atoms with E-state index >= 15 is 0 Å². The number of carboxylic acid groups (broad SMARTS) is 1. The molecule has 2 rings (SSSR count). The Hall–Kier alpha value is -1.85. The lowest BCUT2D eigenvalue weighted by Gasteiger charge is -2.32. The highest BCUT2D eigenvalue weighted by Gasteiger charge is 2.24. The maximum Gasteiger partial charge on any atom is 0.303 e. The van der Waals surface area contributed by atoms with Crippen molar-refractivity contribution in [3.05, 3.63) is 17.5 Å². The van der Waals surface area contributed by atoms with Crippen LogP contribution in [0.4, 0.5) is 0 Å². The van der Waals surface area contributed by atoms with Crippen LogP contribution >= 0.6 is 0 Å². The molecule has 0 radical (unpaired) electrons. The van der Waals surface area contributed by atoms with E-state index in [-0.39, 0.29) is 18.7 Å². The number of nitrogens with zero attached hydrogens (tertiary/aromatic N) is 2. The molecule has 1 atom stereocenters. The van der Waals surface area contributed by atoms with Crippen molar-refractivity contribution in [3.63, 3.8) is 0 Å². The first-order chi connectivity index (χ1) is 9.56. The summed E-state index contributed by atoms with van der Waals surface area (Å²) < 4.78 is 0. The number of carboxylic acids is 1. The van der Waals surface area contributed by atoms with Gasteiger partial charge in [-0.05, 0) is 37.7 Å². The van der Waals surface area contributed by atoms with Crippen LogP contribution < -0.4 is 0 Å². The summed E-state index contributed by atoms with van der Waals surface area (Å²) in [7, 11) is 0. The van der Waals surface area contributed by atoms with Gasteiger partial charge < -0.3 is 10.0 Å². The topological polar surface area (TPSA) is 86.3 Å². The van der Waals surface area contributed by atoms with Crippen molar-refractivity contribution in [2.24, 2.45) is 5.92 Å². The number of H-pyrrole nitrogens is 1. The lowest BCUT2D eigenvalue weighted by atomic mass is 9.92. The molecule has 1 saturated heterocycles. The van der Waals surface area contributed by atoms with Crippen LogP contribution in [0.2, 0.25) is 0 Å². The van der Waals surface area contributed by atoms with Gasteiger partial charge in [-0.3, -0.25) is 14.7 Å². The highest BCUT2D eigenvalue weighted by atomic mass is 16.4. The summed E-state index contributed by atoms with van der Waals surface area (Å²) in [6, 6.07) is 0. The van der Waals surface area contributed by atoms with Crippen molar-refractivity contribution in [2.45, 2.75) is 39.0 Å². The van der Waals surface area contributed by atoms with Crippen LogP contribution in [0.5, 0.6) is 0 Å². The summed E-state index contributed by atoms with van der Waals surface area (Å²) in [4.78, 5) is 24.3. The number of aliphatic carboxylic acids is 1. The minimum atomic E-state index is -0.917. The van der Waals surface area contributed by atoms with Gasteiger partial charge >= 0.3 is 5.97 Å². The average molecular weight is 279 g/mol. The maximum atomic E-state index is 12.0. The number of aromatic amines is 1. The average Bonchev–Trinajstić information content (AvgIpc) is 2.82. The van der Waals surface area contributed by atoms with Crippen LogP contribution in [-0.4, -0.2) is 45.2 Å². The van der Waals surface area contributed by atoms with Gasteiger partial charge in [0.25, 0.3) is 0 Å². The number of nitrogens with one attached hydrogen (secondary N) is 1. The fourth-order valence-electron chi connectivity index (χ4n) is 2.70. The van der Waals surface area contributed by atoms with Crippen LogP contribution in [0.15, 0.2) is 6.20 Å². The van der Waals surface area contributed by atoms with Gasteiger partial charge in [0.05, 0.1) is 12.6 Å². The van der Waals surface area contributed by atoms with E-state index in [4.69, 9.17) is 5.11 Å². The summed E-state index contributed by atoms with van der Waals surface area (Å²) in [5.41, 5.74) is 2.29. The first-order valence-electron chi connectivity index (χ1n) is 7.04. The summed E-state index contributed by atoms with van der Waals surface area (Å²) in [6.07, 6.45) is 4.81. The molecular weight excluding hydrogens is 258 g/mol. The third-order valence-corrected chi connectivity index (χ3v) is 3.85. The van der Waals surface area contributed by atoms with Crippen LogP contribution in [0.1, 0.15) is 36.9 Å². The van der Waals surface area contributed by atoms with Gasteiger partial charge in [-0.15, -0.1) is 0 Å². The molecule has 0 aliphatic carbocycles. The van der Waals surface area contributed by atoms with Crippen LogP contribution in [0, 0.1) is 12.8 Å². The second kappa shape index (κ2) is 6.54. The number of carbonyl (C=O) groups excluding carboxylic acids is 1. The molecule has 6 nitrogen and oxygen atoms in total. The predicted molar refractivity (Wildman–Crippen MR) is 73.2 cm³/mol. The van der Waals surface area contributed by atoms with Gasteiger partial charge in [-0.25, -0.2) is 0 Å². The van der Waals surface area contributed by atoms with Gasteiger partial charge in [0.2, 0.25) is 5.91 Å². The molecule has 0 bridgehead atoms. The fourth-order valence-corrected chi connectivity index (χ4v) is 2.70. The summed E-state index contributed by atoms with van der Waals surface area (Å²) in [5, 5.41) is 15.7. The Kier molecular flexibility index (Phi) is 4.76. The van der Waals surface area contributed by atoms with Gasteiger partial charge in [0, 0.05) is 25.2 Å². The Balaban J connectivity index is 1.86. The Morgan fingerprint density at radius 3 is 2.95 bits per heavy atom. The summed E-state index contributed by atoms with van der Waals surface area (Å²) in [6.45, 7) is 3.49. The van der Waals surface area contributed by atoms with Crippen molar-refractivity contribution in [1.29, 1.82) is 0 Å². The zero-order valence-corrected chi connectivity index (χ0v) is 11.8. The van der Waals surface area contributed by atoms with Crippen molar-refractivity contribution >= 4 is 11.9 Å². The van der Waals surface area contributed by atoms with Crippen LogP contribution in [0.25, 0.3) is 0 Å². The third kappa shape index (κ3) is 3.82. The van der Waals surface area contributed by atoms with E-state index in [1.807, 2.05) is 18.0 Å². The van der Waals surface area contributed by atoms with E-state index in [0.717, 1.165) is 43.6 Å². The number of piperidine rings is 1. The van der Waals surface area contributed by atoms with Crippen LogP contribution in [-0.2, 0) is 16.0 Å². The van der Waals surface area contributed by atoms with Crippen molar-refractivity contribution in [2.75, 3.05) is 13.1 Å². The van der Waals surface area contributed by atoms with E-state index in [1.54, 1.807) is 0 Å². The largest absolute Gasteiger partial charge is 0.481 e. The number of likely N-dealkylation sites (tertiary alicyclic amines) is 1. The Bertz CT molecular complexity index is 484. The second-order valence-electron chi connectivity index (χ2n) is 5.48. The minimum absolute atomic E-state index is 0.0431. The molecule has 1 aliphatic heterocycles. The zero-order chi connectivity index (χ0) is 14.5. The molecule has 20 heavy (non-hydrogen) atoms. The molecule has 1 aliphatic rings. The fraction of sp³-hybridized carbons (Fsp3) is 0.643. The molecule has 0 saturated carbocycles. The molecule has 2 heterocycles. The van der Waals surface area contributed by atoms with Gasteiger partial charge in [-0.1, -0.05) is 0 Å². The molecule has 1 amide bonds. The molecule has 1 fully saturated rings. The molecule has 1 aromatic heterocycles. The lowest BCUT2D eigenvalue weighted by Crippen LogP contribution is -2.40. The number of carbonyl (C=O) groups is 2. The predicted octanol–water partition coefficient (Wildman–Crippen LogP) is 1.36. The van der Waals surface area contributed by atoms with Crippen molar-refractivity contribution < 1.29 is 14.7 Å². The smallest absolute Gasteiger partial charge is 0.303 e. The Labute approximate surface area is 118 Å². The molecule has 0 aromatic carbocycles. The van der Waals surface area contributed by atoms with Gasteiger partial charge in [0.1, 0.15) is 0 Å². The first kappa shape index (κ1) is 14.6. The molecular formula is C14H21N3O3. The molecule has 110 valence electrons. The summed E-state index contributed by atoms with van der Waals surface area (Å²) >= 11 is 0. The standard InChI is InChI=1S/C14H21N3O3/c1-10-8-15-16-12(10)7-11-3-2-6-17(9-11)13(18)4-5-14(19)20/h8,11H,2-7,9H2,1H3,(H,15,16)(H,19,20)/t11-/m0/s1. The number of aromatic nitrogens is 2. The molecule has 2 N–H and O–H groups in total. The molecule has 1 aromatic rings. The quantitative estimate of drug-likeness (QED) is 0.852. The number of hydrogen-bond acceptors (Lipinski definition) is 3. The van der Waals surface area contributed by atoms with E-state index in [1.165, 1.54) is 0 Å². The number of aryl methyl sites for hydroxylation is 1. The maximum absolute atomic E-state index is 12.0. The number of rotatable bonds is 5. The minimum Gasteiger partial charge on any atom is -0.481 e. The van der Waals surface area contributed by atoms with E-state index < -0.39 is 5.97 Å². The summed E-state index contributed by atoms with van der Waals surface area (Å²) in [5.74, 6) is -0.532. The van der Waals surface area contributed by atoms with Gasteiger partial charge in [0.15, 0.2) is 0 Å². The normalized spacial score (nSPS) is 19.1. The molecule has 6 heteroatoms. The van der Waals surface area contributed by atoms with Crippen molar-refractivity contribution in [3.8, 4) is 0 Å². The highest BCUT2D eigenvalue weighted by Crippen LogP contribution is 2.22. The first-order valence-corrected chi connectivity index (χ1v) is 7.04. The lowest BCUT2D eigenvalue weighted by molar-refractivity contribution is -0.141. The van der Waals surface area contributed by atoms with Crippen molar-refractivity contribution in [1.82, 2.24) is 15.1 Å².